The van der Waals surface area contributed by atoms with E-state index in [1.807, 2.05) is 30.3 Å². The molecule has 34 heavy (non-hydrogen) atoms. The van der Waals surface area contributed by atoms with Crippen molar-refractivity contribution < 1.29 is 27.4 Å². The van der Waals surface area contributed by atoms with Gasteiger partial charge in [-0.2, -0.15) is 4.72 Å². The molecule has 4 rings (SSSR count). The van der Waals surface area contributed by atoms with Gasteiger partial charge in [0.15, 0.2) is 11.5 Å². The summed E-state index contributed by atoms with van der Waals surface area (Å²) in [5, 5.41) is 2.91. The standard InChI is InChI=1S/C24H23ClN2O6S/c1-31-21-10-8-18(15-19(21)25)34(29,30)27-20(13-16-5-3-2-4-6-16)24(28)26-17-7-9-22-23(14-17)33-12-11-32-22/h2-10,14-15,20,27H,11-13H2,1H3,(H,26,28)/t20-/m0/s1. The van der Waals surface area contributed by atoms with Gasteiger partial charge in [0.25, 0.3) is 0 Å². The number of ether oxygens (including phenoxy) is 3. The molecule has 0 aliphatic carbocycles. The molecule has 0 saturated heterocycles. The number of carbonyl (C=O) groups is 1. The molecular weight excluding hydrogens is 480 g/mol. The van der Waals surface area contributed by atoms with Crippen molar-refractivity contribution in [2.75, 3.05) is 25.6 Å². The molecule has 0 fully saturated rings. The average molecular weight is 503 g/mol. The summed E-state index contributed by atoms with van der Waals surface area (Å²) in [6.45, 7) is 0.861. The Morgan fingerprint density at radius 2 is 1.76 bits per heavy atom. The highest BCUT2D eigenvalue weighted by atomic mass is 35.5. The number of carbonyl (C=O) groups excluding carboxylic acids is 1. The van der Waals surface area contributed by atoms with Crippen LogP contribution in [0.3, 0.4) is 0 Å². The average Bonchev–Trinajstić information content (AvgIpc) is 2.84. The molecule has 0 radical (unpaired) electrons. The lowest BCUT2D eigenvalue weighted by Crippen LogP contribution is -2.45. The number of rotatable bonds is 8. The minimum absolute atomic E-state index is 0.0801. The molecule has 178 valence electrons. The fourth-order valence-electron chi connectivity index (χ4n) is 3.46. The van der Waals surface area contributed by atoms with E-state index >= 15 is 0 Å². The molecule has 1 heterocycles. The summed E-state index contributed by atoms with van der Waals surface area (Å²) >= 11 is 6.11. The van der Waals surface area contributed by atoms with Gasteiger partial charge in [0, 0.05) is 11.8 Å². The molecule has 0 saturated carbocycles. The summed E-state index contributed by atoms with van der Waals surface area (Å²) < 4.78 is 44.9. The zero-order valence-electron chi connectivity index (χ0n) is 18.3. The van der Waals surface area contributed by atoms with Gasteiger partial charge >= 0.3 is 0 Å². The second-order valence-electron chi connectivity index (χ2n) is 7.51. The van der Waals surface area contributed by atoms with Crippen LogP contribution < -0.4 is 24.2 Å². The topological polar surface area (TPSA) is 103 Å². The Morgan fingerprint density at radius 3 is 2.47 bits per heavy atom. The number of sulfonamides is 1. The lowest BCUT2D eigenvalue weighted by atomic mass is 10.1. The summed E-state index contributed by atoms with van der Waals surface area (Å²) in [7, 11) is -2.64. The van der Waals surface area contributed by atoms with Crippen molar-refractivity contribution in [2.45, 2.75) is 17.4 Å². The predicted octanol–water partition coefficient (Wildman–Crippen LogP) is 3.65. The minimum atomic E-state index is -4.07. The van der Waals surface area contributed by atoms with Crippen LogP contribution in [0, 0.1) is 0 Å². The predicted molar refractivity (Wildman–Crippen MR) is 128 cm³/mol. The molecule has 0 bridgehead atoms. The van der Waals surface area contributed by atoms with E-state index in [2.05, 4.69) is 10.0 Å². The van der Waals surface area contributed by atoms with E-state index in [0.717, 1.165) is 5.56 Å². The van der Waals surface area contributed by atoms with Gasteiger partial charge in [-0.15, -0.1) is 0 Å². The maximum Gasteiger partial charge on any atom is 0.242 e. The van der Waals surface area contributed by atoms with E-state index in [1.54, 1.807) is 18.2 Å². The molecule has 10 heteroatoms. The number of nitrogens with one attached hydrogen (secondary N) is 2. The zero-order chi connectivity index (χ0) is 24.1. The molecule has 1 atom stereocenters. The first-order chi connectivity index (χ1) is 16.4. The van der Waals surface area contributed by atoms with Crippen LogP contribution in [-0.4, -0.2) is 40.7 Å². The summed E-state index contributed by atoms with van der Waals surface area (Å²) in [6.07, 6.45) is 0.139. The monoisotopic (exact) mass is 502 g/mol. The lowest BCUT2D eigenvalue weighted by Gasteiger charge is -2.21. The second-order valence-corrected chi connectivity index (χ2v) is 9.63. The van der Waals surface area contributed by atoms with E-state index in [9.17, 15) is 13.2 Å². The van der Waals surface area contributed by atoms with Gasteiger partial charge in [-0.05, 0) is 42.3 Å². The number of fused-ring (bicyclic) bond motifs is 1. The van der Waals surface area contributed by atoms with Crippen LogP contribution in [0.25, 0.3) is 0 Å². The van der Waals surface area contributed by atoms with Crippen LogP contribution in [0.2, 0.25) is 5.02 Å². The van der Waals surface area contributed by atoms with Crippen molar-refractivity contribution in [3.05, 3.63) is 77.3 Å². The quantitative estimate of drug-likeness (QED) is 0.487. The molecule has 1 aliphatic heterocycles. The third-order valence-corrected chi connectivity index (χ3v) is 6.90. The Morgan fingerprint density at radius 1 is 1.03 bits per heavy atom. The molecule has 8 nitrogen and oxygen atoms in total. The summed E-state index contributed by atoms with van der Waals surface area (Å²) in [4.78, 5) is 13.1. The fraction of sp³-hybridized carbons (Fsp3) is 0.208. The van der Waals surface area contributed by atoms with Crippen molar-refractivity contribution in [1.82, 2.24) is 4.72 Å². The molecule has 1 aliphatic rings. The fourth-order valence-corrected chi connectivity index (χ4v) is 5.00. The zero-order valence-corrected chi connectivity index (χ0v) is 19.9. The lowest BCUT2D eigenvalue weighted by molar-refractivity contribution is -0.117. The van der Waals surface area contributed by atoms with Gasteiger partial charge < -0.3 is 19.5 Å². The number of methoxy groups -OCH3 is 1. The van der Waals surface area contributed by atoms with Crippen molar-refractivity contribution in [3.8, 4) is 17.2 Å². The Hall–Kier alpha value is -3.27. The van der Waals surface area contributed by atoms with Crippen molar-refractivity contribution in [2.24, 2.45) is 0 Å². The van der Waals surface area contributed by atoms with Crippen molar-refractivity contribution >= 4 is 33.2 Å². The second kappa shape index (κ2) is 10.3. The molecule has 0 unspecified atom stereocenters. The van der Waals surface area contributed by atoms with Crippen LogP contribution in [0.5, 0.6) is 17.2 Å². The van der Waals surface area contributed by atoms with Crippen molar-refractivity contribution in [3.63, 3.8) is 0 Å². The Bertz CT molecular complexity index is 1280. The Balaban J connectivity index is 1.58. The van der Waals surface area contributed by atoms with Crippen LogP contribution >= 0.6 is 11.6 Å². The molecular formula is C24H23ClN2O6S. The normalized spacial score (nSPS) is 13.7. The Labute approximate surface area is 202 Å². The van der Waals surface area contributed by atoms with E-state index < -0.39 is 22.0 Å². The Kier molecular flexibility index (Phi) is 7.26. The first-order valence-electron chi connectivity index (χ1n) is 10.5. The minimum Gasteiger partial charge on any atom is -0.495 e. The molecule has 3 aromatic rings. The van der Waals surface area contributed by atoms with E-state index in [-0.39, 0.29) is 16.3 Å². The molecule has 2 N–H and O–H groups in total. The first kappa shape index (κ1) is 23.9. The number of anilines is 1. The first-order valence-corrected chi connectivity index (χ1v) is 12.3. The molecule has 3 aromatic carbocycles. The third kappa shape index (κ3) is 5.61. The highest BCUT2D eigenvalue weighted by molar-refractivity contribution is 7.89. The van der Waals surface area contributed by atoms with E-state index in [1.165, 1.54) is 25.3 Å². The van der Waals surface area contributed by atoms with Gasteiger partial charge in [0.05, 0.1) is 17.0 Å². The number of hydrogen-bond acceptors (Lipinski definition) is 6. The number of hydrogen-bond donors (Lipinski definition) is 2. The SMILES string of the molecule is COc1ccc(S(=O)(=O)N[C@@H](Cc2ccccc2)C(=O)Nc2ccc3c(c2)OCCO3)cc1Cl. The van der Waals surface area contributed by atoms with E-state index in [0.29, 0.717) is 36.1 Å². The number of benzene rings is 3. The van der Waals surface area contributed by atoms with Gasteiger partial charge in [-0.3, -0.25) is 4.79 Å². The van der Waals surface area contributed by atoms with Gasteiger partial charge in [-0.25, -0.2) is 8.42 Å². The van der Waals surface area contributed by atoms with Crippen LogP contribution in [0.4, 0.5) is 5.69 Å². The highest BCUT2D eigenvalue weighted by Gasteiger charge is 2.27. The van der Waals surface area contributed by atoms with Crippen LogP contribution in [0.1, 0.15) is 5.56 Å². The third-order valence-electron chi connectivity index (χ3n) is 5.14. The number of amides is 1. The molecule has 0 aromatic heterocycles. The summed E-state index contributed by atoms with van der Waals surface area (Å²) in [5.74, 6) is 0.917. The summed E-state index contributed by atoms with van der Waals surface area (Å²) in [5.41, 5.74) is 1.25. The van der Waals surface area contributed by atoms with Crippen LogP contribution in [0.15, 0.2) is 71.6 Å². The highest BCUT2D eigenvalue weighted by Crippen LogP contribution is 2.32. The maximum absolute atomic E-state index is 13.2. The molecule has 1 amide bonds. The van der Waals surface area contributed by atoms with Gasteiger partial charge in [0.2, 0.25) is 15.9 Å². The van der Waals surface area contributed by atoms with Gasteiger partial charge in [-0.1, -0.05) is 41.9 Å². The molecule has 0 spiro atoms. The van der Waals surface area contributed by atoms with Gasteiger partial charge in [0.1, 0.15) is 25.0 Å². The maximum atomic E-state index is 13.2. The van der Waals surface area contributed by atoms with Crippen molar-refractivity contribution in [1.29, 1.82) is 0 Å². The van der Waals surface area contributed by atoms with Crippen LogP contribution in [-0.2, 0) is 21.2 Å². The smallest absolute Gasteiger partial charge is 0.242 e. The summed E-state index contributed by atoms with van der Waals surface area (Å²) in [6, 6.07) is 17.1. The largest absolute Gasteiger partial charge is 0.495 e. The number of halogens is 1. The van der Waals surface area contributed by atoms with E-state index in [4.69, 9.17) is 25.8 Å².